The van der Waals surface area contributed by atoms with Gasteiger partial charge in [0.1, 0.15) is 13.2 Å². The lowest BCUT2D eigenvalue weighted by molar-refractivity contribution is -0.167. The van der Waals surface area contributed by atoms with E-state index in [0.717, 1.165) is 89.9 Å². The highest BCUT2D eigenvalue weighted by molar-refractivity contribution is 5.71. The molecule has 0 bridgehead atoms. The van der Waals surface area contributed by atoms with E-state index in [4.69, 9.17) is 14.2 Å². The Labute approximate surface area is 472 Å². The van der Waals surface area contributed by atoms with Crippen molar-refractivity contribution in [3.63, 3.8) is 0 Å². The molecule has 0 aromatic carbocycles. The molecule has 6 heteroatoms. The lowest BCUT2D eigenvalue weighted by atomic mass is 10.0. The van der Waals surface area contributed by atoms with Crippen LogP contribution in [0.4, 0.5) is 0 Å². The van der Waals surface area contributed by atoms with Crippen molar-refractivity contribution in [2.45, 2.75) is 354 Å². The Morgan fingerprint density at radius 1 is 0.263 bits per heavy atom. The minimum atomic E-state index is -0.782. The van der Waals surface area contributed by atoms with Gasteiger partial charge < -0.3 is 14.2 Å². The van der Waals surface area contributed by atoms with Crippen LogP contribution < -0.4 is 0 Å². The monoisotopic (exact) mass is 1060 g/mol. The number of carbonyl (C=O) groups excluding carboxylic acids is 3. The molecule has 0 saturated heterocycles. The third-order valence-corrected chi connectivity index (χ3v) is 14.7. The Kier molecular flexibility index (Phi) is 62.2. The van der Waals surface area contributed by atoms with Crippen LogP contribution >= 0.6 is 0 Å². The van der Waals surface area contributed by atoms with Gasteiger partial charge in [-0.2, -0.15) is 0 Å². The van der Waals surface area contributed by atoms with E-state index in [0.29, 0.717) is 19.3 Å². The van der Waals surface area contributed by atoms with Gasteiger partial charge in [-0.05, 0) is 103 Å². The molecule has 0 rings (SSSR count). The molecule has 0 aromatic rings. The van der Waals surface area contributed by atoms with Gasteiger partial charge in [0, 0.05) is 19.3 Å². The molecule has 0 spiro atoms. The van der Waals surface area contributed by atoms with E-state index in [1.54, 1.807) is 0 Å². The van der Waals surface area contributed by atoms with Crippen molar-refractivity contribution in [2.75, 3.05) is 13.2 Å². The highest BCUT2D eigenvalue weighted by atomic mass is 16.6. The number of esters is 3. The molecule has 0 aliphatic heterocycles. The number of unbranched alkanes of at least 4 members (excludes halogenated alkanes) is 40. The van der Waals surface area contributed by atoms with Crippen molar-refractivity contribution in [1.29, 1.82) is 0 Å². The van der Waals surface area contributed by atoms with Crippen LogP contribution in [0.25, 0.3) is 0 Å². The largest absolute Gasteiger partial charge is 0.462 e. The summed E-state index contributed by atoms with van der Waals surface area (Å²) in [5, 5.41) is 0. The third kappa shape index (κ3) is 62.0. The maximum absolute atomic E-state index is 12.9. The molecule has 0 aliphatic rings. The quantitative estimate of drug-likeness (QED) is 0.0261. The van der Waals surface area contributed by atoms with Crippen LogP contribution in [0, 0.1) is 0 Å². The number of rotatable bonds is 61. The van der Waals surface area contributed by atoms with E-state index < -0.39 is 6.10 Å². The van der Waals surface area contributed by atoms with Gasteiger partial charge in [-0.1, -0.05) is 287 Å². The second-order valence-corrected chi connectivity index (χ2v) is 22.4. The first-order valence-electron chi connectivity index (χ1n) is 33.3. The van der Waals surface area contributed by atoms with Crippen molar-refractivity contribution < 1.29 is 28.6 Å². The Bertz CT molecular complexity index is 1360. The number of hydrogen-bond acceptors (Lipinski definition) is 6. The second kappa shape index (κ2) is 64.6. The molecule has 442 valence electrons. The van der Waals surface area contributed by atoms with Crippen LogP contribution in [0.5, 0.6) is 0 Å². The Morgan fingerprint density at radius 3 is 0.789 bits per heavy atom. The molecule has 1 unspecified atom stereocenters. The molecule has 0 heterocycles. The first-order chi connectivity index (χ1) is 37.5. The minimum Gasteiger partial charge on any atom is -0.462 e. The zero-order valence-electron chi connectivity index (χ0n) is 50.8. The van der Waals surface area contributed by atoms with Crippen LogP contribution in [0.2, 0.25) is 0 Å². The maximum atomic E-state index is 12.9. The van der Waals surface area contributed by atoms with Gasteiger partial charge in [-0.15, -0.1) is 0 Å². The Hall–Kier alpha value is -2.89. The number of hydrogen-bond donors (Lipinski definition) is 0. The zero-order chi connectivity index (χ0) is 55.0. The van der Waals surface area contributed by atoms with E-state index in [2.05, 4.69) is 81.5 Å². The predicted molar refractivity (Wildman–Crippen MR) is 330 cm³/mol. The first-order valence-corrected chi connectivity index (χ1v) is 33.3. The molecule has 0 radical (unpaired) electrons. The van der Waals surface area contributed by atoms with Gasteiger partial charge >= 0.3 is 17.9 Å². The summed E-state index contributed by atoms with van der Waals surface area (Å²) < 4.78 is 16.9. The molecule has 0 N–H and O–H groups in total. The van der Waals surface area contributed by atoms with Crippen LogP contribution in [0.1, 0.15) is 348 Å². The van der Waals surface area contributed by atoms with Crippen molar-refractivity contribution >= 4 is 17.9 Å². The molecule has 0 aromatic heterocycles. The number of allylic oxidation sites excluding steroid dienone is 10. The third-order valence-electron chi connectivity index (χ3n) is 14.7. The Balaban J connectivity index is 4.25. The second-order valence-electron chi connectivity index (χ2n) is 22.4. The van der Waals surface area contributed by atoms with E-state index in [1.165, 1.54) is 218 Å². The number of ether oxygens (including phenoxy) is 3. The highest BCUT2D eigenvalue weighted by Crippen LogP contribution is 2.17. The molecule has 0 saturated carbocycles. The van der Waals surface area contributed by atoms with Crippen molar-refractivity contribution in [3.8, 4) is 0 Å². The van der Waals surface area contributed by atoms with Crippen LogP contribution in [0.3, 0.4) is 0 Å². The molecule has 1 atom stereocenters. The molecule has 0 amide bonds. The summed E-state index contributed by atoms with van der Waals surface area (Å²) in [5.74, 6) is -0.880. The van der Waals surface area contributed by atoms with E-state index >= 15 is 0 Å². The van der Waals surface area contributed by atoms with Crippen molar-refractivity contribution in [2.24, 2.45) is 0 Å². The highest BCUT2D eigenvalue weighted by Gasteiger charge is 2.19. The van der Waals surface area contributed by atoms with Crippen LogP contribution in [0.15, 0.2) is 60.8 Å². The summed E-state index contributed by atoms with van der Waals surface area (Å²) in [6.45, 7) is 6.59. The van der Waals surface area contributed by atoms with Gasteiger partial charge in [-0.25, -0.2) is 0 Å². The normalized spacial score (nSPS) is 12.4. The first kappa shape index (κ1) is 73.1. The van der Waals surface area contributed by atoms with Gasteiger partial charge in [0.05, 0.1) is 0 Å². The average Bonchev–Trinajstić information content (AvgIpc) is 3.42. The smallest absolute Gasteiger partial charge is 0.306 e. The molecule has 0 aliphatic carbocycles. The topological polar surface area (TPSA) is 78.9 Å². The molecule has 6 nitrogen and oxygen atoms in total. The average molecular weight is 1060 g/mol. The van der Waals surface area contributed by atoms with Crippen molar-refractivity contribution in [3.05, 3.63) is 60.8 Å². The fourth-order valence-electron chi connectivity index (χ4n) is 9.68. The van der Waals surface area contributed by atoms with Gasteiger partial charge in [0.2, 0.25) is 0 Å². The minimum absolute atomic E-state index is 0.0781. The summed E-state index contributed by atoms with van der Waals surface area (Å²) in [6, 6.07) is 0. The predicted octanol–water partition coefficient (Wildman–Crippen LogP) is 22.7. The lowest BCUT2D eigenvalue weighted by Crippen LogP contribution is -2.30. The molecular formula is C70H126O6. The summed E-state index contributed by atoms with van der Waals surface area (Å²) in [7, 11) is 0. The van der Waals surface area contributed by atoms with Gasteiger partial charge in [0.15, 0.2) is 6.10 Å². The Morgan fingerprint density at radius 2 is 0.500 bits per heavy atom. The van der Waals surface area contributed by atoms with Crippen molar-refractivity contribution in [1.82, 2.24) is 0 Å². The molecular weight excluding hydrogens is 937 g/mol. The van der Waals surface area contributed by atoms with Gasteiger partial charge in [0.25, 0.3) is 0 Å². The van der Waals surface area contributed by atoms with E-state index in [9.17, 15) is 14.4 Å². The van der Waals surface area contributed by atoms with Crippen LogP contribution in [-0.2, 0) is 28.6 Å². The standard InChI is InChI=1S/C70H126O6/c1-4-7-10-13-16-19-22-25-27-29-31-32-33-34-35-36-37-38-39-41-42-45-48-51-54-57-60-63-69(72)75-66-67(65-74-68(71)62-59-56-53-50-47-44-24-21-18-15-12-9-6-3)76-70(73)64-61-58-55-52-49-46-43-40-30-28-26-23-20-17-14-11-8-5-2/h12,15,21-22,24-25,28-31,67H,4-11,13-14,16-20,23,26-27,32-66H2,1-3H3/b15-12-,24-21-,25-22-,30-28-,31-29-. The van der Waals surface area contributed by atoms with E-state index in [-0.39, 0.29) is 31.1 Å². The molecule has 76 heavy (non-hydrogen) atoms. The molecule has 0 fully saturated rings. The SMILES string of the molecule is CCC/C=C\C/C=C\CCCCCCCC(=O)OCC(COC(=O)CCCCCCCCCCCCCCCCC/C=C\C/C=C\CCCCCCC)OC(=O)CCCCCCCCC/C=C\CCCCCCCCC. The lowest BCUT2D eigenvalue weighted by Gasteiger charge is -2.18. The van der Waals surface area contributed by atoms with Gasteiger partial charge in [-0.3, -0.25) is 14.4 Å². The summed E-state index contributed by atoms with van der Waals surface area (Å²) in [5.41, 5.74) is 0. The summed E-state index contributed by atoms with van der Waals surface area (Å²) >= 11 is 0. The fourth-order valence-corrected chi connectivity index (χ4v) is 9.68. The zero-order valence-corrected chi connectivity index (χ0v) is 50.8. The van der Waals surface area contributed by atoms with E-state index in [1.807, 2.05) is 0 Å². The summed E-state index contributed by atoms with van der Waals surface area (Å²) in [6.07, 6.45) is 82.4. The van der Waals surface area contributed by atoms with Crippen LogP contribution in [-0.4, -0.2) is 37.2 Å². The number of carbonyl (C=O) groups is 3. The summed E-state index contributed by atoms with van der Waals surface area (Å²) in [4.78, 5) is 38.3. The fraction of sp³-hybridized carbons (Fsp3) is 0.814. The maximum Gasteiger partial charge on any atom is 0.306 e.